The average molecular weight is 580 g/mol. The number of H-pyrrole nitrogens is 1. The van der Waals surface area contributed by atoms with Crippen LogP contribution < -0.4 is 16.1 Å². The van der Waals surface area contributed by atoms with Gasteiger partial charge in [-0.1, -0.05) is 35.9 Å². The number of nitrogens with zero attached hydrogens (tertiary/aromatic N) is 4. The van der Waals surface area contributed by atoms with Gasteiger partial charge in [0.05, 0.1) is 23.7 Å². The maximum absolute atomic E-state index is 13.7. The molecule has 0 amide bonds. The van der Waals surface area contributed by atoms with Crippen LogP contribution in [0.25, 0.3) is 37.1 Å². The molecule has 1 spiro atoms. The van der Waals surface area contributed by atoms with Gasteiger partial charge in [-0.05, 0) is 24.3 Å². The predicted octanol–water partition coefficient (Wildman–Crippen LogP) is 3.69. The number of sulfonamides is 1. The Bertz CT molecular complexity index is 2040. The summed E-state index contributed by atoms with van der Waals surface area (Å²) < 4.78 is 26.6. The minimum absolute atomic E-state index is 0.0171. The third-order valence-corrected chi connectivity index (χ3v) is 10.3. The first-order valence-electron chi connectivity index (χ1n) is 12.2. The first-order valence-corrected chi connectivity index (χ1v) is 15.3. The number of aromatic amines is 1. The van der Waals surface area contributed by atoms with Gasteiger partial charge in [0.1, 0.15) is 4.70 Å². The summed E-state index contributed by atoms with van der Waals surface area (Å²) in [6, 6.07) is 15.0. The van der Waals surface area contributed by atoms with Crippen LogP contribution in [0.2, 0.25) is 5.02 Å². The van der Waals surface area contributed by atoms with Gasteiger partial charge in [-0.2, -0.15) is 0 Å². The zero-order valence-corrected chi connectivity index (χ0v) is 23.1. The SMILES string of the molecule is CS(=O)(=O)N1CC2(CN(c3ccc4cncc(-n5c(=O)[nH]c6cc(-c7ccccc7Cl)sc6c5=O)c4c3)C2)C1. The van der Waals surface area contributed by atoms with Gasteiger partial charge in [0.15, 0.2) is 0 Å². The second-order valence-corrected chi connectivity index (χ2v) is 13.8. The van der Waals surface area contributed by atoms with E-state index in [1.807, 2.05) is 36.4 Å². The van der Waals surface area contributed by atoms with Crippen molar-refractivity contribution in [1.82, 2.24) is 18.8 Å². The lowest BCUT2D eigenvalue weighted by atomic mass is 9.74. The number of thiophene rings is 1. The van der Waals surface area contributed by atoms with E-state index in [1.54, 1.807) is 18.3 Å². The van der Waals surface area contributed by atoms with Gasteiger partial charge in [0.25, 0.3) is 5.56 Å². The minimum Gasteiger partial charge on any atom is -0.370 e. The Morgan fingerprint density at radius 3 is 2.54 bits per heavy atom. The van der Waals surface area contributed by atoms with Crippen molar-refractivity contribution in [1.29, 1.82) is 0 Å². The smallest absolute Gasteiger partial charge is 0.333 e. The van der Waals surface area contributed by atoms with E-state index in [0.29, 0.717) is 34.0 Å². The predicted molar refractivity (Wildman–Crippen MR) is 155 cm³/mol. The second-order valence-electron chi connectivity index (χ2n) is 10.4. The van der Waals surface area contributed by atoms with E-state index >= 15 is 0 Å². The molecule has 9 nitrogen and oxygen atoms in total. The van der Waals surface area contributed by atoms with E-state index in [4.69, 9.17) is 11.6 Å². The fraction of sp³-hybridized carbons (Fsp3) is 0.222. The minimum atomic E-state index is -3.16. The number of nitrogens with one attached hydrogen (secondary N) is 1. The summed E-state index contributed by atoms with van der Waals surface area (Å²) in [5.41, 5.74) is 1.62. The van der Waals surface area contributed by atoms with Gasteiger partial charge in [0.2, 0.25) is 10.0 Å². The van der Waals surface area contributed by atoms with E-state index in [1.165, 1.54) is 28.1 Å². The summed E-state index contributed by atoms with van der Waals surface area (Å²) in [5.74, 6) is 0. The normalized spacial score (nSPS) is 17.0. The number of hydrogen-bond acceptors (Lipinski definition) is 7. The molecule has 2 aliphatic rings. The topological polar surface area (TPSA) is 108 Å². The molecule has 0 bridgehead atoms. The number of rotatable bonds is 4. The maximum Gasteiger partial charge on any atom is 0.333 e. The number of fused-ring (bicyclic) bond motifs is 2. The van der Waals surface area contributed by atoms with Crippen molar-refractivity contribution in [3.63, 3.8) is 0 Å². The van der Waals surface area contributed by atoms with Crippen molar-refractivity contribution < 1.29 is 8.42 Å². The van der Waals surface area contributed by atoms with Crippen LogP contribution in [0.1, 0.15) is 0 Å². The largest absolute Gasteiger partial charge is 0.370 e. The highest BCUT2D eigenvalue weighted by molar-refractivity contribution is 7.88. The zero-order chi connectivity index (χ0) is 27.1. The van der Waals surface area contributed by atoms with Crippen molar-refractivity contribution in [2.45, 2.75) is 0 Å². The zero-order valence-electron chi connectivity index (χ0n) is 20.7. The van der Waals surface area contributed by atoms with E-state index < -0.39 is 21.3 Å². The summed E-state index contributed by atoms with van der Waals surface area (Å²) in [6.07, 6.45) is 4.48. The third-order valence-electron chi connectivity index (χ3n) is 7.59. The molecule has 12 heteroatoms. The molecule has 2 fully saturated rings. The summed E-state index contributed by atoms with van der Waals surface area (Å²) in [5, 5.41) is 2.09. The Morgan fingerprint density at radius 2 is 1.79 bits per heavy atom. The van der Waals surface area contributed by atoms with Crippen molar-refractivity contribution in [2.24, 2.45) is 5.41 Å². The Labute approximate surface area is 232 Å². The number of benzene rings is 2. The standard InChI is InChI=1S/C27H22ClN5O4S2/c1-39(36,37)32-14-27(15-32)12-31(13-27)17-7-6-16-10-29-11-22(19(16)8-17)33-25(34)24-21(30-26(33)35)9-23(38-24)18-4-2-3-5-20(18)28/h2-11H,12-15H2,1H3,(H,30,35). The number of anilines is 1. The summed E-state index contributed by atoms with van der Waals surface area (Å²) in [4.78, 5) is 37.0. The summed E-state index contributed by atoms with van der Waals surface area (Å²) >= 11 is 7.66. The highest BCUT2D eigenvalue weighted by atomic mass is 35.5. The molecule has 1 N–H and O–H groups in total. The van der Waals surface area contributed by atoms with Crippen LogP contribution in [0.15, 0.2) is 70.5 Å². The van der Waals surface area contributed by atoms with E-state index in [9.17, 15) is 18.0 Å². The van der Waals surface area contributed by atoms with Crippen LogP contribution >= 0.6 is 22.9 Å². The highest BCUT2D eigenvalue weighted by Gasteiger charge is 2.54. The maximum atomic E-state index is 13.7. The van der Waals surface area contributed by atoms with Crippen LogP contribution in [0.4, 0.5) is 5.69 Å². The quantitative estimate of drug-likeness (QED) is 0.348. The Kier molecular flexibility index (Phi) is 5.34. The average Bonchev–Trinajstić information content (AvgIpc) is 3.26. The molecule has 2 aliphatic heterocycles. The van der Waals surface area contributed by atoms with E-state index in [2.05, 4.69) is 14.9 Å². The fourth-order valence-corrected chi connectivity index (χ4v) is 8.01. The van der Waals surface area contributed by atoms with Crippen molar-refractivity contribution in [3.05, 3.63) is 86.8 Å². The first-order chi connectivity index (χ1) is 18.6. The molecule has 0 saturated carbocycles. The summed E-state index contributed by atoms with van der Waals surface area (Å²) in [6.45, 7) is 2.56. The molecule has 0 unspecified atom stereocenters. The van der Waals surface area contributed by atoms with Crippen LogP contribution in [0.3, 0.4) is 0 Å². The van der Waals surface area contributed by atoms with Gasteiger partial charge in [-0.25, -0.2) is 22.1 Å². The van der Waals surface area contributed by atoms with Crippen LogP contribution in [-0.4, -0.2) is 59.7 Å². The molecular weight excluding hydrogens is 558 g/mol. The molecular formula is C27H22ClN5O4S2. The Balaban J connectivity index is 1.28. The second kappa shape index (κ2) is 8.49. The first kappa shape index (κ1) is 24.5. The molecule has 7 rings (SSSR count). The molecule has 3 aromatic heterocycles. The van der Waals surface area contributed by atoms with Gasteiger partial charge >= 0.3 is 5.69 Å². The lowest BCUT2D eigenvalue weighted by molar-refractivity contribution is 0.0401. The number of aromatic nitrogens is 3. The molecule has 39 heavy (non-hydrogen) atoms. The number of hydrogen-bond donors (Lipinski definition) is 1. The van der Waals surface area contributed by atoms with Crippen molar-refractivity contribution >= 4 is 59.6 Å². The molecule has 2 aromatic carbocycles. The van der Waals surface area contributed by atoms with Gasteiger partial charge in [-0.3, -0.25) is 9.78 Å². The van der Waals surface area contributed by atoms with Crippen molar-refractivity contribution in [2.75, 3.05) is 37.3 Å². The summed E-state index contributed by atoms with van der Waals surface area (Å²) in [7, 11) is -3.16. The van der Waals surface area contributed by atoms with Gasteiger partial charge < -0.3 is 9.88 Å². The van der Waals surface area contributed by atoms with Gasteiger partial charge in [0, 0.05) is 69.7 Å². The third kappa shape index (κ3) is 3.91. The Morgan fingerprint density at radius 1 is 1.03 bits per heavy atom. The molecule has 198 valence electrons. The lowest BCUT2D eigenvalue weighted by Crippen LogP contribution is -2.72. The van der Waals surface area contributed by atoms with Crippen LogP contribution in [-0.2, 0) is 10.0 Å². The monoisotopic (exact) mass is 579 g/mol. The van der Waals surface area contributed by atoms with E-state index in [-0.39, 0.29) is 5.41 Å². The van der Waals surface area contributed by atoms with Gasteiger partial charge in [-0.15, -0.1) is 11.3 Å². The molecule has 2 saturated heterocycles. The molecule has 0 radical (unpaired) electrons. The van der Waals surface area contributed by atoms with E-state index in [0.717, 1.165) is 44.6 Å². The van der Waals surface area contributed by atoms with Crippen molar-refractivity contribution in [3.8, 4) is 16.1 Å². The van der Waals surface area contributed by atoms with Crippen LogP contribution in [0.5, 0.6) is 0 Å². The molecule has 0 aliphatic carbocycles. The lowest BCUT2D eigenvalue weighted by Gasteiger charge is -2.60. The van der Waals surface area contributed by atoms with Crippen LogP contribution in [0, 0.1) is 5.41 Å². The number of pyridine rings is 1. The molecule has 5 aromatic rings. The fourth-order valence-electron chi connectivity index (χ4n) is 5.61. The number of halogens is 1. The Hall–Kier alpha value is -3.51. The highest BCUT2D eigenvalue weighted by Crippen LogP contribution is 2.43. The molecule has 5 heterocycles. The molecule has 0 atom stereocenters.